The number of fused-ring (bicyclic) bond motifs is 6. The first-order valence-electron chi connectivity index (χ1n) is 9.55. The Hall–Kier alpha value is -3.52. The molecule has 1 aliphatic rings. The van der Waals surface area contributed by atoms with Crippen molar-refractivity contribution in [1.82, 2.24) is 0 Å². The number of para-hydroxylation sites is 2. The maximum Gasteiger partial charge on any atom is 0.135 e. The number of rotatable bonds is 1. The van der Waals surface area contributed by atoms with Crippen LogP contribution in [0.2, 0.25) is 0 Å². The van der Waals surface area contributed by atoms with Crippen LogP contribution in [0.3, 0.4) is 0 Å². The standard InChI is InChI=1S/C26H18O2/c1-16-12-20(23-15-27-24-8-4-2-6-18(24)21(23)13-16)17-10-11-26-22(14-17)19-7-3-5-9-25(19)28-26/h2-14H,15H2,1H3. The summed E-state index contributed by atoms with van der Waals surface area (Å²) in [7, 11) is 0. The highest BCUT2D eigenvalue weighted by atomic mass is 16.5. The molecule has 0 fully saturated rings. The Morgan fingerprint density at radius 3 is 2.43 bits per heavy atom. The summed E-state index contributed by atoms with van der Waals surface area (Å²) in [5.74, 6) is 0.961. The smallest absolute Gasteiger partial charge is 0.135 e. The van der Waals surface area contributed by atoms with E-state index in [4.69, 9.17) is 9.15 Å². The second-order valence-corrected chi connectivity index (χ2v) is 7.43. The van der Waals surface area contributed by atoms with Gasteiger partial charge in [0.05, 0.1) is 0 Å². The van der Waals surface area contributed by atoms with E-state index in [-0.39, 0.29) is 0 Å². The predicted octanol–water partition coefficient (Wildman–Crippen LogP) is 7.12. The summed E-state index contributed by atoms with van der Waals surface area (Å²) < 4.78 is 12.1. The van der Waals surface area contributed by atoms with E-state index in [1.54, 1.807) is 0 Å². The largest absolute Gasteiger partial charge is 0.488 e. The van der Waals surface area contributed by atoms with Crippen molar-refractivity contribution in [3.05, 3.63) is 90.0 Å². The molecule has 0 radical (unpaired) electrons. The van der Waals surface area contributed by atoms with Gasteiger partial charge < -0.3 is 9.15 Å². The van der Waals surface area contributed by atoms with Crippen LogP contribution in [0.4, 0.5) is 0 Å². The Bertz CT molecular complexity index is 1370. The summed E-state index contributed by atoms with van der Waals surface area (Å²) >= 11 is 0. The van der Waals surface area contributed by atoms with E-state index < -0.39 is 0 Å². The normalized spacial score (nSPS) is 12.6. The lowest BCUT2D eigenvalue weighted by Crippen LogP contribution is -2.07. The molecule has 0 aliphatic carbocycles. The van der Waals surface area contributed by atoms with E-state index in [0.29, 0.717) is 6.61 Å². The van der Waals surface area contributed by atoms with Gasteiger partial charge in [-0.3, -0.25) is 0 Å². The van der Waals surface area contributed by atoms with Gasteiger partial charge in [-0.1, -0.05) is 54.6 Å². The molecule has 0 spiro atoms. The molecule has 134 valence electrons. The van der Waals surface area contributed by atoms with Gasteiger partial charge in [0.15, 0.2) is 0 Å². The van der Waals surface area contributed by atoms with Crippen molar-refractivity contribution < 1.29 is 9.15 Å². The van der Waals surface area contributed by atoms with Gasteiger partial charge in [-0.15, -0.1) is 0 Å². The number of hydrogen-bond donors (Lipinski definition) is 0. The SMILES string of the molecule is Cc1cc(-c2ccc3oc4ccccc4c3c2)c2c(c1)-c1ccccc1OC2. The third-order valence-corrected chi connectivity index (χ3v) is 5.63. The number of furan rings is 1. The van der Waals surface area contributed by atoms with Crippen LogP contribution in [0.15, 0.2) is 83.3 Å². The minimum absolute atomic E-state index is 0.589. The molecule has 28 heavy (non-hydrogen) atoms. The van der Waals surface area contributed by atoms with Crippen LogP contribution in [0.5, 0.6) is 5.75 Å². The van der Waals surface area contributed by atoms with Gasteiger partial charge in [0.1, 0.15) is 23.5 Å². The lowest BCUT2D eigenvalue weighted by molar-refractivity contribution is 0.303. The van der Waals surface area contributed by atoms with Crippen LogP contribution in [-0.2, 0) is 6.61 Å². The lowest BCUT2D eigenvalue weighted by atomic mass is 9.88. The van der Waals surface area contributed by atoms with Crippen molar-refractivity contribution in [3.8, 4) is 28.0 Å². The van der Waals surface area contributed by atoms with Crippen molar-refractivity contribution in [2.24, 2.45) is 0 Å². The Morgan fingerprint density at radius 2 is 1.46 bits per heavy atom. The summed E-state index contributed by atoms with van der Waals surface area (Å²) in [5.41, 5.74) is 9.22. The van der Waals surface area contributed by atoms with Crippen molar-refractivity contribution in [2.45, 2.75) is 13.5 Å². The molecular weight excluding hydrogens is 344 g/mol. The van der Waals surface area contributed by atoms with Crippen molar-refractivity contribution >= 4 is 21.9 Å². The molecule has 2 heterocycles. The monoisotopic (exact) mass is 362 g/mol. The van der Waals surface area contributed by atoms with Gasteiger partial charge in [-0.05, 0) is 53.4 Å². The molecule has 1 aromatic heterocycles. The predicted molar refractivity (Wildman–Crippen MR) is 114 cm³/mol. The maximum absolute atomic E-state index is 6.08. The van der Waals surface area contributed by atoms with E-state index in [9.17, 15) is 0 Å². The fourth-order valence-electron chi connectivity index (χ4n) is 4.33. The van der Waals surface area contributed by atoms with Gasteiger partial charge in [-0.25, -0.2) is 0 Å². The van der Waals surface area contributed by atoms with E-state index in [0.717, 1.165) is 27.7 Å². The average molecular weight is 362 g/mol. The van der Waals surface area contributed by atoms with Crippen LogP contribution in [0.1, 0.15) is 11.1 Å². The molecule has 5 aromatic rings. The molecule has 6 rings (SSSR count). The molecule has 0 amide bonds. The highest BCUT2D eigenvalue weighted by Gasteiger charge is 2.21. The summed E-state index contributed by atoms with van der Waals surface area (Å²) in [5, 5.41) is 2.31. The number of hydrogen-bond acceptors (Lipinski definition) is 2. The fourth-order valence-corrected chi connectivity index (χ4v) is 4.33. The molecule has 0 bridgehead atoms. The highest BCUT2D eigenvalue weighted by molar-refractivity contribution is 6.06. The zero-order valence-corrected chi connectivity index (χ0v) is 15.5. The first-order chi connectivity index (χ1) is 13.8. The van der Waals surface area contributed by atoms with E-state index in [1.165, 1.54) is 33.4 Å². The summed E-state index contributed by atoms with van der Waals surface area (Å²) in [6.07, 6.45) is 0. The van der Waals surface area contributed by atoms with Crippen molar-refractivity contribution in [1.29, 1.82) is 0 Å². The third-order valence-electron chi connectivity index (χ3n) is 5.63. The van der Waals surface area contributed by atoms with E-state index in [1.807, 2.05) is 24.3 Å². The summed E-state index contributed by atoms with van der Waals surface area (Å²) in [6.45, 7) is 2.75. The van der Waals surface area contributed by atoms with Crippen LogP contribution in [0.25, 0.3) is 44.2 Å². The summed E-state index contributed by atoms with van der Waals surface area (Å²) in [6, 6.07) is 27.5. The van der Waals surface area contributed by atoms with Gasteiger partial charge in [0.2, 0.25) is 0 Å². The van der Waals surface area contributed by atoms with E-state index >= 15 is 0 Å². The minimum atomic E-state index is 0.589. The van der Waals surface area contributed by atoms with Gasteiger partial charge in [0, 0.05) is 21.9 Å². The zero-order chi connectivity index (χ0) is 18.7. The van der Waals surface area contributed by atoms with Crippen LogP contribution in [-0.4, -0.2) is 0 Å². The Labute approximate surface area is 163 Å². The Balaban J connectivity index is 1.62. The molecule has 0 atom stereocenters. The molecular formula is C26H18O2. The second-order valence-electron chi connectivity index (χ2n) is 7.43. The molecule has 0 unspecified atom stereocenters. The topological polar surface area (TPSA) is 22.4 Å². The molecule has 0 saturated heterocycles. The first kappa shape index (κ1) is 15.5. The first-order valence-corrected chi connectivity index (χ1v) is 9.55. The Morgan fingerprint density at radius 1 is 0.679 bits per heavy atom. The molecule has 2 nitrogen and oxygen atoms in total. The molecule has 1 aliphatic heterocycles. The number of ether oxygens (including phenoxy) is 1. The number of aryl methyl sites for hydroxylation is 1. The van der Waals surface area contributed by atoms with Gasteiger partial charge >= 0.3 is 0 Å². The molecule has 4 aromatic carbocycles. The molecule has 0 saturated carbocycles. The molecule has 0 N–H and O–H groups in total. The van der Waals surface area contributed by atoms with Crippen molar-refractivity contribution in [2.75, 3.05) is 0 Å². The highest BCUT2D eigenvalue weighted by Crippen LogP contribution is 2.43. The minimum Gasteiger partial charge on any atom is -0.488 e. The van der Waals surface area contributed by atoms with Gasteiger partial charge in [-0.2, -0.15) is 0 Å². The fraction of sp³-hybridized carbons (Fsp3) is 0.0769. The van der Waals surface area contributed by atoms with E-state index in [2.05, 4.69) is 61.5 Å². The van der Waals surface area contributed by atoms with Crippen LogP contribution in [0, 0.1) is 6.92 Å². The lowest BCUT2D eigenvalue weighted by Gasteiger charge is -2.24. The zero-order valence-electron chi connectivity index (χ0n) is 15.5. The average Bonchev–Trinajstić information content (AvgIpc) is 3.11. The Kier molecular flexibility index (Phi) is 3.18. The van der Waals surface area contributed by atoms with Crippen molar-refractivity contribution in [3.63, 3.8) is 0 Å². The molecule has 2 heteroatoms. The maximum atomic E-state index is 6.08. The van der Waals surface area contributed by atoms with Crippen LogP contribution >= 0.6 is 0 Å². The van der Waals surface area contributed by atoms with Gasteiger partial charge in [0.25, 0.3) is 0 Å². The second kappa shape index (κ2) is 5.74. The quantitative estimate of drug-likeness (QED) is 0.317. The third kappa shape index (κ3) is 2.21. The van der Waals surface area contributed by atoms with Crippen LogP contribution < -0.4 is 4.74 Å². The summed E-state index contributed by atoms with van der Waals surface area (Å²) in [4.78, 5) is 0. The number of benzene rings is 4.